The molecule has 0 spiro atoms. The van der Waals surface area contributed by atoms with Crippen LogP contribution >= 0.6 is 22.9 Å². The van der Waals surface area contributed by atoms with Crippen LogP contribution in [0.3, 0.4) is 0 Å². The van der Waals surface area contributed by atoms with Gasteiger partial charge in [-0.2, -0.15) is 0 Å². The molecule has 1 aliphatic heterocycles. The molecule has 0 bridgehead atoms. The number of benzene rings is 1. The Hall–Kier alpha value is -1.06. The van der Waals surface area contributed by atoms with Crippen molar-refractivity contribution in [3.05, 3.63) is 40.0 Å². The van der Waals surface area contributed by atoms with Crippen molar-refractivity contribution in [2.45, 2.75) is 6.42 Å². The Labute approximate surface area is 90.6 Å². The molecule has 0 atom stereocenters. The third kappa shape index (κ3) is 1.21. The number of halogens is 1. The van der Waals surface area contributed by atoms with Gasteiger partial charge in [-0.15, -0.1) is 11.3 Å². The van der Waals surface area contributed by atoms with Gasteiger partial charge < -0.3 is 5.32 Å². The van der Waals surface area contributed by atoms with Crippen LogP contribution in [-0.2, 0) is 6.42 Å². The van der Waals surface area contributed by atoms with Crippen LogP contribution < -0.4 is 5.32 Å². The van der Waals surface area contributed by atoms with Gasteiger partial charge in [-0.05, 0) is 23.8 Å². The maximum Gasteiger partial charge on any atom is 0.116 e. The lowest BCUT2D eigenvalue weighted by atomic mass is 10.0. The molecule has 2 heterocycles. The fraction of sp³-hybridized carbons (Fsp3) is 0.100. The monoisotopic (exact) mass is 222 g/mol. The Kier molecular flexibility index (Phi) is 1.75. The molecule has 2 aromatic rings. The first-order valence-electron chi connectivity index (χ1n) is 4.31. The Morgan fingerprint density at radius 2 is 2.36 bits per heavy atom. The van der Waals surface area contributed by atoms with E-state index in [4.69, 9.17) is 11.6 Å². The third-order valence-electron chi connectivity index (χ3n) is 2.31. The van der Waals surface area contributed by atoms with E-state index in [2.05, 4.69) is 10.3 Å². The lowest BCUT2D eigenvalue weighted by Gasteiger charge is -2.16. The second-order valence-corrected chi connectivity index (χ2v) is 4.52. The highest BCUT2D eigenvalue weighted by Crippen LogP contribution is 2.35. The number of aromatic nitrogens is 1. The maximum atomic E-state index is 5.93. The first-order chi connectivity index (χ1) is 6.83. The normalized spacial score (nSPS) is 12.9. The summed E-state index contributed by atoms with van der Waals surface area (Å²) in [5.41, 5.74) is 5.34. The van der Waals surface area contributed by atoms with Gasteiger partial charge in [-0.3, -0.25) is 0 Å². The number of hydrogen-bond donors (Lipinski definition) is 1. The topological polar surface area (TPSA) is 24.9 Å². The number of hydrogen-bond acceptors (Lipinski definition) is 3. The fourth-order valence-electron chi connectivity index (χ4n) is 1.63. The van der Waals surface area contributed by atoms with Crippen LogP contribution in [0.25, 0.3) is 0 Å². The van der Waals surface area contributed by atoms with E-state index < -0.39 is 0 Å². The molecular weight excluding hydrogens is 216 g/mol. The summed E-state index contributed by atoms with van der Waals surface area (Å²) in [4.78, 5) is 4.30. The SMILES string of the molecule is Clc1ccc2c(c1)Cc1ncsc1N2. The molecule has 0 unspecified atom stereocenters. The molecular formula is C10H7ClN2S. The molecule has 0 radical (unpaired) electrons. The van der Waals surface area contributed by atoms with Crippen molar-refractivity contribution in [1.82, 2.24) is 4.98 Å². The standard InChI is InChI=1S/C10H7ClN2S/c11-7-1-2-8-6(3-7)4-9-10(13-8)14-5-12-9/h1-3,5,13H,4H2. The molecule has 1 aromatic carbocycles. The van der Waals surface area contributed by atoms with Crippen molar-refractivity contribution in [3.8, 4) is 0 Å². The Bertz CT molecular complexity index is 493. The minimum atomic E-state index is 0.782. The number of nitrogens with zero attached hydrogens (tertiary/aromatic N) is 1. The lowest BCUT2D eigenvalue weighted by Crippen LogP contribution is -2.04. The molecule has 0 saturated carbocycles. The molecule has 0 amide bonds. The zero-order chi connectivity index (χ0) is 9.54. The summed E-state index contributed by atoms with van der Waals surface area (Å²) < 4.78 is 0. The molecule has 2 nitrogen and oxygen atoms in total. The maximum absolute atomic E-state index is 5.93. The van der Waals surface area contributed by atoms with E-state index in [1.54, 1.807) is 11.3 Å². The summed E-state index contributed by atoms with van der Waals surface area (Å²) in [6.45, 7) is 0. The van der Waals surface area contributed by atoms with Gasteiger partial charge in [0.1, 0.15) is 5.00 Å². The second-order valence-electron chi connectivity index (χ2n) is 3.23. The van der Waals surface area contributed by atoms with Crippen LogP contribution in [-0.4, -0.2) is 4.98 Å². The summed E-state index contributed by atoms with van der Waals surface area (Å²) in [6, 6.07) is 5.91. The highest BCUT2D eigenvalue weighted by atomic mass is 35.5. The van der Waals surface area contributed by atoms with Crippen molar-refractivity contribution in [2.75, 3.05) is 5.32 Å². The van der Waals surface area contributed by atoms with Crippen molar-refractivity contribution >= 4 is 33.6 Å². The molecule has 1 aliphatic rings. The minimum absolute atomic E-state index is 0.782. The van der Waals surface area contributed by atoms with Gasteiger partial charge in [-0.1, -0.05) is 11.6 Å². The molecule has 0 saturated heterocycles. The second kappa shape index (κ2) is 2.97. The summed E-state index contributed by atoms with van der Waals surface area (Å²) in [5.74, 6) is 0. The third-order valence-corrected chi connectivity index (χ3v) is 3.33. The quantitative estimate of drug-likeness (QED) is 0.630. The van der Waals surface area contributed by atoms with Gasteiger partial charge >= 0.3 is 0 Å². The molecule has 1 aromatic heterocycles. The Balaban J connectivity index is 2.12. The van der Waals surface area contributed by atoms with E-state index in [1.165, 1.54) is 5.56 Å². The van der Waals surface area contributed by atoms with Crippen LogP contribution in [0.15, 0.2) is 23.7 Å². The first-order valence-corrected chi connectivity index (χ1v) is 5.56. The van der Waals surface area contributed by atoms with Crippen LogP contribution in [0.1, 0.15) is 11.3 Å². The number of thiazole rings is 1. The van der Waals surface area contributed by atoms with Crippen LogP contribution in [0.2, 0.25) is 5.02 Å². The Morgan fingerprint density at radius 1 is 1.43 bits per heavy atom. The van der Waals surface area contributed by atoms with Crippen molar-refractivity contribution in [3.63, 3.8) is 0 Å². The zero-order valence-corrected chi connectivity index (χ0v) is 8.82. The van der Waals surface area contributed by atoms with E-state index in [0.29, 0.717) is 0 Å². The number of anilines is 2. The lowest BCUT2D eigenvalue weighted by molar-refractivity contribution is 1.09. The van der Waals surface area contributed by atoms with E-state index in [1.807, 2.05) is 23.7 Å². The van der Waals surface area contributed by atoms with Crippen molar-refractivity contribution in [2.24, 2.45) is 0 Å². The number of rotatable bonds is 0. The summed E-state index contributed by atoms with van der Waals surface area (Å²) in [5, 5.41) is 5.28. The van der Waals surface area contributed by atoms with Gasteiger partial charge in [0.15, 0.2) is 0 Å². The highest BCUT2D eigenvalue weighted by molar-refractivity contribution is 7.14. The molecule has 14 heavy (non-hydrogen) atoms. The smallest absolute Gasteiger partial charge is 0.116 e. The van der Waals surface area contributed by atoms with E-state index in [-0.39, 0.29) is 0 Å². The molecule has 0 aliphatic carbocycles. The van der Waals surface area contributed by atoms with E-state index >= 15 is 0 Å². The largest absolute Gasteiger partial charge is 0.345 e. The minimum Gasteiger partial charge on any atom is -0.345 e. The first kappa shape index (κ1) is 8.26. The van der Waals surface area contributed by atoms with E-state index in [9.17, 15) is 0 Å². The predicted octanol–water partition coefficient (Wildman–Crippen LogP) is 3.44. The van der Waals surface area contributed by atoms with Gasteiger partial charge in [0.05, 0.1) is 11.2 Å². The average Bonchev–Trinajstić information content (AvgIpc) is 2.61. The zero-order valence-electron chi connectivity index (χ0n) is 7.25. The van der Waals surface area contributed by atoms with Crippen LogP contribution in [0.4, 0.5) is 10.7 Å². The highest BCUT2D eigenvalue weighted by Gasteiger charge is 2.16. The number of nitrogens with one attached hydrogen (secondary N) is 1. The molecule has 4 heteroatoms. The average molecular weight is 223 g/mol. The van der Waals surface area contributed by atoms with Gasteiger partial charge in [0.25, 0.3) is 0 Å². The Morgan fingerprint density at radius 3 is 3.29 bits per heavy atom. The fourth-order valence-corrected chi connectivity index (χ4v) is 2.54. The predicted molar refractivity (Wildman–Crippen MR) is 59.7 cm³/mol. The van der Waals surface area contributed by atoms with E-state index in [0.717, 1.165) is 27.8 Å². The van der Waals surface area contributed by atoms with Gasteiger partial charge in [-0.25, -0.2) is 4.98 Å². The summed E-state index contributed by atoms with van der Waals surface area (Å²) in [7, 11) is 0. The van der Waals surface area contributed by atoms with Crippen LogP contribution in [0.5, 0.6) is 0 Å². The summed E-state index contributed by atoms with van der Waals surface area (Å²) in [6.07, 6.45) is 0.877. The molecule has 0 fully saturated rings. The number of fused-ring (bicyclic) bond motifs is 2. The summed E-state index contributed by atoms with van der Waals surface area (Å²) >= 11 is 7.57. The van der Waals surface area contributed by atoms with Crippen LogP contribution in [0, 0.1) is 0 Å². The molecule has 1 N–H and O–H groups in total. The molecule has 3 rings (SSSR count). The van der Waals surface area contributed by atoms with Gasteiger partial charge in [0.2, 0.25) is 0 Å². The van der Waals surface area contributed by atoms with Crippen molar-refractivity contribution < 1.29 is 0 Å². The molecule has 70 valence electrons. The van der Waals surface area contributed by atoms with Crippen molar-refractivity contribution in [1.29, 1.82) is 0 Å². The van der Waals surface area contributed by atoms with Gasteiger partial charge in [0, 0.05) is 17.1 Å².